The van der Waals surface area contributed by atoms with E-state index in [4.69, 9.17) is 22.1 Å². The number of aromatic nitrogens is 2. The number of nitrogen functional groups attached to an aromatic ring is 1. The van der Waals surface area contributed by atoms with Gasteiger partial charge in [-0.3, -0.25) is 9.20 Å². The van der Waals surface area contributed by atoms with E-state index in [2.05, 4.69) is 22.1 Å². The van der Waals surface area contributed by atoms with E-state index >= 15 is 0 Å². The van der Waals surface area contributed by atoms with E-state index in [-0.39, 0.29) is 24.4 Å². The van der Waals surface area contributed by atoms with Gasteiger partial charge >= 0.3 is 0 Å². The van der Waals surface area contributed by atoms with Crippen molar-refractivity contribution < 1.29 is 9.53 Å². The van der Waals surface area contributed by atoms with Crippen LogP contribution in [0.25, 0.3) is 5.65 Å². The molecule has 1 amide bonds. The molecule has 0 saturated carbocycles. The van der Waals surface area contributed by atoms with E-state index in [1.165, 1.54) is 0 Å². The molecule has 3 N–H and O–H groups in total. The van der Waals surface area contributed by atoms with Gasteiger partial charge in [0, 0.05) is 45.6 Å². The van der Waals surface area contributed by atoms with Crippen molar-refractivity contribution in [3.63, 3.8) is 0 Å². The zero-order valence-corrected chi connectivity index (χ0v) is 18.7. The predicted octanol–water partition coefficient (Wildman–Crippen LogP) is 3.17. The molecule has 3 rings (SSSR count). The van der Waals surface area contributed by atoms with Gasteiger partial charge in [0.15, 0.2) is 5.65 Å². The second-order valence-electron chi connectivity index (χ2n) is 7.40. The monoisotopic (exact) mass is 443 g/mol. The third kappa shape index (κ3) is 5.75. The number of carbonyl (C=O) groups is 1. The van der Waals surface area contributed by atoms with Crippen LogP contribution in [0.2, 0.25) is 5.02 Å². The summed E-state index contributed by atoms with van der Waals surface area (Å²) in [5.41, 5.74) is 8.05. The fourth-order valence-electron chi connectivity index (χ4n) is 3.72. The fraction of sp³-hybridized carbons (Fsp3) is 0.600. The number of anilines is 1. The Bertz CT molecular complexity index is 819. The summed E-state index contributed by atoms with van der Waals surface area (Å²) in [6.45, 7) is 5.88. The molecule has 2 aromatic heterocycles. The molecule has 1 aliphatic rings. The highest BCUT2D eigenvalue weighted by Gasteiger charge is 2.23. The normalized spacial score (nSPS) is 15.4. The summed E-state index contributed by atoms with van der Waals surface area (Å²) in [5.74, 6) is 0.269. The van der Waals surface area contributed by atoms with E-state index in [1.54, 1.807) is 17.6 Å². The van der Waals surface area contributed by atoms with Crippen molar-refractivity contribution in [3.05, 3.63) is 28.5 Å². The molecule has 7 nitrogen and oxygen atoms in total. The first-order valence-electron chi connectivity index (χ1n) is 10.0. The summed E-state index contributed by atoms with van der Waals surface area (Å²) in [7, 11) is 1.73. The number of piperidine rings is 1. The average molecular weight is 444 g/mol. The number of fused-ring (bicyclic) bond motifs is 1. The lowest BCUT2D eigenvalue weighted by molar-refractivity contribution is 0.0908. The lowest BCUT2D eigenvalue weighted by Crippen LogP contribution is -2.45. The Labute approximate surface area is 183 Å². The van der Waals surface area contributed by atoms with Crippen molar-refractivity contribution in [3.8, 4) is 0 Å². The Kier molecular flexibility index (Phi) is 9.02. The van der Waals surface area contributed by atoms with Crippen molar-refractivity contribution in [1.82, 2.24) is 19.6 Å². The van der Waals surface area contributed by atoms with Crippen LogP contribution in [0.4, 0.5) is 5.82 Å². The number of carbonyl (C=O) groups excluding carboxylic acids is 1. The molecular weight excluding hydrogens is 413 g/mol. The van der Waals surface area contributed by atoms with Crippen LogP contribution in [-0.4, -0.2) is 59.6 Å². The van der Waals surface area contributed by atoms with Crippen LogP contribution < -0.4 is 11.1 Å². The summed E-state index contributed by atoms with van der Waals surface area (Å²) in [6, 6.07) is 1.79. The third-order valence-electron chi connectivity index (χ3n) is 5.27. The smallest absolute Gasteiger partial charge is 0.255 e. The summed E-state index contributed by atoms with van der Waals surface area (Å²) in [4.78, 5) is 20.0. The largest absolute Gasteiger partial charge is 0.385 e. The molecule has 1 fully saturated rings. The number of pyridine rings is 1. The zero-order chi connectivity index (χ0) is 20.1. The van der Waals surface area contributed by atoms with Gasteiger partial charge in [-0.15, -0.1) is 12.4 Å². The Morgan fingerprint density at radius 3 is 2.79 bits per heavy atom. The number of methoxy groups -OCH3 is 1. The number of rotatable bonds is 8. The minimum Gasteiger partial charge on any atom is -0.385 e. The molecule has 0 radical (unpaired) electrons. The van der Waals surface area contributed by atoms with Gasteiger partial charge in [0.05, 0.1) is 16.3 Å². The standard InChI is InChI=1S/C20H30ClN5O2.ClH/c1-3-5-15-13-26-18(22)17(21)12-16(19(26)23-15)20(27)24-14-6-9-25(10-7-14)8-4-11-28-2;/h12-14H,3-11,22H2,1-2H3,(H,24,27);1H. The number of nitrogens with one attached hydrogen (secondary N) is 1. The van der Waals surface area contributed by atoms with Crippen LogP contribution >= 0.6 is 24.0 Å². The lowest BCUT2D eigenvalue weighted by atomic mass is 10.0. The number of halogens is 2. The van der Waals surface area contributed by atoms with Gasteiger partial charge in [-0.1, -0.05) is 24.9 Å². The molecule has 1 saturated heterocycles. The fourth-order valence-corrected chi connectivity index (χ4v) is 3.92. The summed E-state index contributed by atoms with van der Waals surface area (Å²) in [6.07, 6.45) is 6.59. The Morgan fingerprint density at radius 1 is 1.41 bits per heavy atom. The van der Waals surface area contributed by atoms with Crippen LogP contribution in [0.5, 0.6) is 0 Å². The van der Waals surface area contributed by atoms with Crippen molar-refractivity contribution in [2.75, 3.05) is 39.1 Å². The van der Waals surface area contributed by atoms with E-state index in [1.807, 2.05) is 6.20 Å². The molecule has 3 heterocycles. The maximum atomic E-state index is 13.0. The van der Waals surface area contributed by atoms with Crippen LogP contribution in [0, 0.1) is 0 Å². The van der Waals surface area contributed by atoms with Crippen LogP contribution in [0.15, 0.2) is 12.3 Å². The third-order valence-corrected chi connectivity index (χ3v) is 5.57. The Hall–Kier alpha value is -1.54. The molecule has 0 bridgehead atoms. The molecule has 29 heavy (non-hydrogen) atoms. The highest BCUT2D eigenvalue weighted by Crippen LogP contribution is 2.25. The minimum absolute atomic E-state index is 0. The molecular formula is C20H31Cl2N5O2. The quantitative estimate of drug-likeness (QED) is 0.611. The zero-order valence-electron chi connectivity index (χ0n) is 17.1. The number of nitrogens with two attached hydrogens (primary N) is 1. The molecule has 0 unspecified atom stereocenters. The molecule has 0 spiro atoms. The summed E-state index contributed by atoms with van der Waals surface area (Å²) in [5, 5.41) is 3.53. The maximum absolute atomic E-state index is 13.0. The predicted molar refractivity (Wildman–Crippen MR) is 119 cm³/mol. The van der Waals surface area contributed by atoms with E-state index in [0.717, 1.165) is 64.0 Å². The van der Waals surface area contributed by atoms with Crippen molar-refractivity contribution in [2.24, 2.45) is 0 Å². The molecule has 1 aliphatic heterocycles. The van der Waals surface area contributed by atoms with Gasteiger partial charge in [-0.25, -0.2) is 4.98 Å². The first-order chi connectivity index (χ1) is 13.5. The summed E-state index contributed by atoms with van der Waals surface area (Å²) >= 11 is 6.28. The van der Waals surface area contributed by atoms with Gasteiger partial charge in [0.2, 0.25) is 0 Å². The number of ether oxygens (including phenoxy) is 1. The summed E-state index contributed by atoms with van der Waals surface area (Å²) < 4.78 is 6.84. The number of hydrogen-bond donors (Lipinski definition) is 2. The van der Waals surface area contributed by atoms with Gasteiger partial charge < -0.3 is 20.7 Å². The van der Waals surface area contributed by atoms with Crippen LogP contribution in [0.3, 0.4) is 0 Å². The number of likely N-dealkylation sites (tertiary alicyclic amines) is 1. The van der Waals surface area contributed by atoms with Gasteiger partial charge in [-0.2, -0.15) is 0 Å². The Balaban J connectivity index is 0.00000300. The molecule has 0 aliphatic carbocycles. The second-order valence-corrected chi connectivity index (χ2v) is 7.81. The van der Waals surface area contributed by atoms with E-state index in [9.17, 15) is 4.79 Å². The maximum Gasteiger partial charge on any atom is 0.255 e. The molecule has 0 aromatic carbocycles. The topological polar surface area (TPSA) is 84.9 Å². The molecule has 0 atom stereocenters. The first-order valence-corrected chi connectivity index (χ1v) is 10.4. The van der Waals surface area contributed by atoms with E-state index < -0.39 is 0 Å². The van der Waals surface area contributed by atoms with E-state index in [0.29, 0.717) is 22.1 Å². The number of hydrogen-bond acceptors (Lipinski definition) is 5. The molecule has 162 valence electrons. The van der Waals surface area contributed by atoms with Crippen LogP contribution in [0.1, 0.15) is 48.7 Å². The number of imidazole rings is 1. The second kappa shape index (κ2) is 11.0. The van der Waals surface area contributed by atoms with Gasteiger partial charge in [0.1, 0.15) is 5.82 Å². The number of aryl methyl sites for hydroxylation is 1. The first kappa shape index (κ1) is 23.7. The van der Waals surface area contributed by atoms with Gasteiger partial charge in [-0.05, 0) is 31.7 Å². The van der Waals surface area contributed by atoms with Crippen molar-refractivity contribution in [1.29, 1.82) is 0 Å². The van der Waals surface area contributed by atoms with Crippen molar-refractivity contribution in [2.45, 2.75) is 45.1 Å². The highest BCUT2D eigenvalue weighted by molar-refractivity contribution is 6.33. The number of amides is 1. The molecule has 2 aromatic rings. The van der Waals surface area contributed by atoms with Crippen molar-refractivity contribution >= 4 is 41.4 Å². The molecule has 9 heteroatoms. The average Bonchev–Trinajstić information content (AvgIpc) is 3.10. The lowest BCUT2D eigenvalue weighted by Gasteiger charge is -2.32. The number of nitrogens with zero attached hydrogens (tertiary/aromatic N) is 3. The minimum atomic E-state index is -0.140. The van der Waals surface area contributed by atoms with Crippen LogP contribution in [-0.2, 0) is 11.2 Å². The SMILES string of the molecule is CCCc1cn2c(N)c(Cl)cc(C(=O)NC3CCN(CCCOC)CC3)c2n1.Cl. The van der Waals surface area contributed by atoms with Gasteiger partial charge in [0.25, 0.3) is 5.91 Å². The Morgan fingerprint density at radius 2 is 2.14 bits per heavy atom. The highest BCUT2D eigenvalue weighted by atomic mass is 35.5.